The molecule has 0 atom stereocenters. The number of hydrogen-bond donors (Lipinski definition) is 2. The van der Waals surface area contributed by atoms with E-state index in [9.17, 15) is 18.0 Å². The predicted molar refractivity (Wildman–Crippen MR) is 124 cm³/mol. The number of amides is 2. The highest BCUT2D eigenvalue weighted by molar-refractivity contribution is 5.91. The summed E-state index contributed by atoms with van der Waals surface area (Å²) in [7, 11) is 1.35. The van der Waals surface area contributed by atoms with Crippen LogP contribution in [0.15, 0.2) is 30.6 Å². The first-order valence-electron chi connectivity index (χ1n) is 11.6. The fourth-order valence-corrected chi connectivity index (χ4v) is 4.18. The third kappa shape index (κ3) is 7.26. The number of alkyl halides is 3. The van der Waals surface area contributed by atoms with Crippen LogP contribution in [0.2, 0.25) is 0 Å². The standard InChI is InChI=1S/C23H28F3N5O5/c1-33-19-7-6-17(36-23(24,25)26)12-18(19)30-22(32)29-15-2-4-16(5-3-15)35-21-13-20(27-14-28-21)31-8-10-34-11-9-31/h6-7,12-16H,2-5,8-11H2,1H3,(H2,29,30,32). The van der Waals surface area contributed by atoms with Gasteiger partial charge in [-0.1, -0.05) is 0 Å². The van der Waals surface area contributed by atoms with E-state index in [0.29, 0.717) is 44.8 Å². The van der Waals surface area contributed by atoms with Crippen LogP contribution < -0.4 is 29.7 Å². The number of aromatic nitrogens is 2. The summed E-state index contributed by atoms with van der Waals surface area (Å²) >= 11 is 0. The van der Waals surface area contributed by atoms with Gasteiger partial charge in [0.1, 0.15) is 29.7 Å². The van der Waals surface area contributed by atoms with E-state index in [0.717, 1.165) is 31.0 Å². The van der Waals surface area contributed by atoms with Gasteiger partial charge in [-0.25, -0.2) is 14.8 Å². The highest BCUT2D eigenvalue weighted by atomic mass is 19.4. The maximum absolute atomic E-state index is 12.5. The zero-order valence-electron chi connectivity index (χ0n) is 19.7. The molecule has 0 radical (unpaired) electrons. The summed E-state index contributed by atoms with van der Waals surface area (Å²) in [6.07, 6.45) is -0.637. The van der Waals surface area contributed by atoms with Gasteiger partial charge >= 0.3 is 12.4 Å². The molecule has 2 aromatic rings. The highest BCUT2D eigenvalue weighted by Crippen LogP contribution is 2.32. The van der Waals surface area contributed by atoms with E-state index in [1.807, 2.05) is 6.07 Å². The number of carbonyl (C=O) groups excluding carboxylic acids is 1. The molecule has 1 aliphatic carbocycles. The van der Waals surface area contributed by atoms with Crippen molar-refractivity contribution in [1.29, 1.82) is 0 Å². The van der Waals surface area contributed by atoms with Gasteiger partial charge < -0.3 is 34.5 Å². The molecule has 2 aliphatic rings. The lowest BCUT2D eigenvalue weighted by Crippen LogP contribution is -2.41. The molecular formula is C23H28F3N5O5. The number of nitrogens with zero attached hydrogens (tertiary/aromatic N) is 3. The van der Waals surface area contributed by atoms with Crippen LogP contribution in [0.5, 0.6) is 17.4 Å². The Morgan fingerprint density at radius 3 is 2.56 bits per heavy atom. The summed E-state index contributed by atoms with van der Waals surface area (Å²) in [5, 5.41) is 5.39. The van der Waals surface area contributed by atoms with E-state index in [1.165, 1.54) is 19.5 Å². The van der Waals surface area contributed by atoms with Crippen molar-refractivity contribution in [3.8, 4) is 17.4 Å². The molecule has 1 aromatic carbocycles. The topological polar surface area (TPSA) is 107 Å². The zero-order valence-corrected chi connectivity index (χ0v) is 19.7. The van der Waals surface area contributed by atoms with E-state index >= 15 is 0 Å². The smallest absolute Gasteiger partial charge is 0.495 e. The van der Waals surface area contributed by atoms with E-state index in [-0.39, 0.29) is 23.6 Å². The van der Waals surface area contributed by atoms with Crippen molar-refractivity contribution in [2.75, 3.05) is 43.6 Å². The van der Waals surface area contributed by atoms with Gasteiger partial charge in [-0.05, 0) is 37.8 Å². The Bertz CT molecular complexity index is 1030. The van der Waals surface area contributed by atoms with Crippen molar-refractivity contribution in [3.63, 3.8) is 0 Å². The van der Waals surface area contributed by atoms with Crippen molar-refractivity contribution in [2.24, 2.45) is 0 Å². The lowest BCUT2D eigenvalue weighted by atomic mass is 9.93. The minimum absolute atomic E-state index is 0.0464. The number of hydrogen-bond acceptors (Lipinski definition) is 8. The van der Waals surface area contributed by atoms with E-state index in [4.69, 9.17) is 14.2 Å². The van der Waals surface area contributed by atoms with E-state index in [2.05, 4.69) is 30.2 Å². The van der Waals surface area contributed by atoms with Gasteiger partial charge in [0.05, 0.1) is 26.0 Å². The molecule has 2 heterocycles. The number of carbonyl (C=O) groups is 1. The molecule has 4 rings (SSSR count). The second-order valence-electron chi connectivity index (χ2n) is 8.41. The van der Waals surface area contributed by atoms with Crippen LogP contribution in [0.3, 0.4) is 0 Å². The molecule has 1 aromatic heterocycles. The number of anilines is 2. The monoisotopic (exact) mass is 511 g/mol. The molecule has 36 heavy (non-hydrogen) atoms. The minimum Gasteiger partial charge on any atom is -0.495 e. The Morgan fingerprint density at radius 2 is 1.86 bits per heavy atom. The lowest BCUT2D eigenvalue weighted by molar-refractivity contribution is -0.274. The second-order valence-corrected chi connectivity index (χ2v) is 8.41. The summed E-state index contributed by atoms with van der Waals surface area (Å²) in [5.74, 6) is 1.06. The SMILES string of the molecule is COc1ccc(OC(F)(F)F)cc1NC(=O)NC1CCC(Oc2cc(N3CCOCC3)ncn2)CC1. The van der Waals surface area contributed by atoms with Crippen molar-refractivity contribution in [2.45, 2.75) is 44.2 Å². The first-order chi connectivity index (χ1) is 17.3. The van der Waals surface area contributed by atoms with Crippen LogP contribution in [0.25, 0.3) is 0 Å². The molecule has 1 saturated heterocycles. The van der Waals surface area contributed by atoms with Gasteiger partial charge in [0.2, 0.25) is 5.88 Å². The number of halogens is 3. The maximum Gasteiger partial charge on any atom is 0.573 e. The van der Waals surface area contributed by atoms with Crippen LogP contribution in [-0.2, 0) is 4.74 Å². The molecule has 1 saturated carbocycles. The number of benzene rings is 1. The first-order valence-corrected chi connectivity index (χ1v) is 11.6. The van der Waals surface area contributed by atoms with E-state index < -0.39 is 18.1 Å². The molecule has 2 amide bonds. The largest absolute Gasteiger partial charge is 0.573 e. The third-order valence-electron chi connectivity index (χ3n) is 5.91. The van der Waals surface area contributed by atoms with Crippen LogP contribution in [0, 0.1) is 0 Å². The zero-order chi connectivity index (χ0) is 25.5. The van der Waals surface area contributed by atoms with Crippen LogP contribution in [-0.4, -0.2) is 67.9 Å². The molecule has 2 fully saturated rings. The minimum atomic E-state index is -4.84. The predicted octanol–water partition coefficient (Wildman–Crippen LogP) is 3.73. The van der Waals surface area contributed by atoms with Crippen molar-refractivity contribution < 1.29 is 36.9 Å². The molecule has 1 aliphatic heterocycles. The summed E-state index contributed by atoms with van der Waals surface area (Å²) in [5.41, 5.74) is 0.0635. The fraction of sp³-hybridized carbons (Fsp3) is 0.522. The molecule has 0 unspecified atom stereocenters. The molecule has 196 valence electrons. The number of morpholine rings is 1. The Morgan fingerprint density at radius 1 is 1.11 bits per heavy atom. The van der Waals surface area contributed by atoms with Crippen molar-refractivity contribution >= 4 is 17.5 Å². The molecule has 0 spiro atoms. The van der Waals surface area contributed by atoms with Crippen LogP contribution in [0.1, 0.15) is 25.7 Å². The first kappa shape index (κ1) is 25.6. The van der Waals surface area contributed by atoms with Crippen LogP contribution in [0.4, 0.5) is 29.5 Å². The summed E-state index contributed by atoms with van der Waals surface area (Å²) in [6, 6.07) is 4.62. The Balaban J connectivity index is 1.26. The molecule has 10 nitrogen and oxygen atoms in total. The van der Waals surface area contributed by atoms with Gasteiger partial charge in [-0.2, -0.15) is 0 Å². The van der Waals surface area contributed by atoms with Gasteiger partial charge in [-0.15, -0.1) is 13.2 Å². The van der Waals surface area contributed by atoms with Crippen molar-refractivity contribution in [1.82, 2.24) is 15.3 Å². The van der Waals surface area contributed by atoms with Gasteiger partial charge in [0.25, 0.3) is 0 Å². The Kier molecular flexibility index (Phi) is 8.18. The van der Waals surface area contributed by atoms with Gasteiger partial charge in [0.15, 0.2) is 0 Å². The fourth-order valence-electron chi connectivity index (χ4n) is 4.18. The Hall–Kier alpha value is -3.48. The average molecular weight is 512 g/mol. The number of methoxy groups -OCH3 is 1. The quantitative estimate of drug-likeness (QED) is 0.579. The normalized spacial score (nSPS) is 20.4. The lowest BCUT2D eigenvalue weighted by Gasteiger charge is -2.30. The summed E-state index contributed by atoms with van der Waals surface area (Å²) < 4.78 is 58.0. The number of nitrogens with one attached hydrogen (secondary N) is 2. The summed E-state index contributed by atoms with van der Waals surface area (Å²) in [6.45, 7) is 2.84. The molecule has 2 N–H and O–H groups in total. The summed E-state index contributed by atoms with van der Waals surface area (Å²) in [4.78, 5) is 23.2. The second kappa shape index (κ2) is 11.5. The number of ether oxygens (including phenoxy) is 4. The van der Waals surface area contributed by atoms with Gasteiger partial charge in [0, 0.05) is 31.3 Å². The molecular weight excluding hydrogens is 483 g/mol. The number of urea groups is 1. The molecule has 13 heteroatoms. The van der Waals surface area contributed by atoms with Gasteiger partial charge in [-0.3, -0.25) is 0 Å². The number of rotatable bonds is 7. The average Bonchev–Trinajstić information content (AvgIpc) is 2.85. The third-order valence-corrected chi connectivity index (χ3v) is 5.91. The highest BCUT2D eigenvalue weighted by Gasteiger charge is 2.31. The van der Waals surface area contributed by atoms with Crippen molar-refractivity contribution in [3.05, 3.63) is 30.6 Å². The molecule has 0 bridgehead atoms. The maximum atomic E-state index is 12.5. The van der Waals surface area contributed by atoms with Crippen LogP contribution >= 0.6 is 0 Å². The van der Waals surface area contributed by atoms with E-state index in [1.54, 1.807) is 0 Å². The Labute approximate surface area is 206 Å².